The third kappa shape index (κ3) is 4.71. The van der Waals surface area contributed by atoms with Crippen LogP contribution in [0.15, 0.2) is 36.4 Å². The van der Waals surface area contributed by atoms with Gasteiger partial charge >= 0.3 is 6.18 Å². The molecule has 0 saturated heterocycles. The summed E-state index contributed by atoms with van der Waals surface area (Å²) in [5.74, 6) is -0.236. The molecule has 3 aliphatic rings. The molecule has 0 spiro atoms. The van der Waals surface area contributed by atoms with E-state index in [4.69, 9.17) is 15.6 Å². The van der Waals surface area contributed by atoms with Crippen molar-refractivity contribution in [3.63, 3.8) is 0 Å². The minimum Gasteiger partial charge on any atom is -0.381 e. The van der Waals surface area contributed by atoms with Gasteiger partial charge in [-0.2, -0.15) is 13.2 Å². The van der Waals surface area contributed by atoms with Gasteiger partial charge in [0.15, 0.2) is 0 Å². The summed E-state index contributed by atoms with van der Waals surface area (Å²) < 4.78 is 48.4. The van der Waals surface area contributed by atoms with Crippen LogP contribution < -0.4 is 10.2 Å². The van der Waals surface area contributed by atoms with Crippen molar-refractivity contribution in [2.24, 2.45) is 0 Å². The molecule has 7 nitrogen and oxygen atoms in total. The molecule has 214 valence electrons. The first kappa shape index (κ1) is 28.3. The van der Waals surface area contributed by atoms with Gasteiger partial charge in [-0.3, -0.25) is 15.6 Å². The zero-order valence-corrected chi connectivity index (χ0v) is 23.3. The quantitative estimate of drug-likeness (QED) is 0.274. The Hall–Kier alpha value is -3.24. The average Bonchev–Trinajstić information content (AvgIpc) is 3.22. The zero-order chi connectivity index (χ0) is 29.0. The van der Waals surface area contributed by atoms with Gasteiger partial charge in [-0.25, -0.2) is 0 Å². The molecule has 40 heavy (non-hydrogen) atoms. The number of alkyl halides is 3. The van der Waals surface area contributed by atoms with Crippen LogP contribution in [-0.2, 0) is 22.9 Å². The Labute approximate surface area is 232 Å². The van der Waals surface area contributed by atoms with Crippen LogP contribution >= 0.6 is 0 Å². The molecule has 10 heteroatoms. The smallest absolute Gasteiger partial charge is 0.381 e. The Morgan fingerprint density at radius 1 is 1.25 bits per heavy atom. The van der Waals surface area contributed by atoms with E-state index in [1.54, 1.807) is 38.4 Å². The molecule has 1 amide bonds. The number of halogens is 3. The summed E-state index contributed by atoms with van der Waals surface area (Å²) in [7, 11) is 3.25. The number of rotatable bonds is 8. The summed E-state index contributed by atoms with van der Waals surface area (Å²) in [5, 5.41) is 19.9. The van der Waals surface area contributed by atoms with Gasteiger partial charge in [-0.05, 0) is 86.9 Å². The molecule has 0 unspecified atom stereocenters. The van der Waals surface area contributed by atoms with E-state index in [2.05, 4.69) is 12.2 Å². The first-order chi connectivity index (χ1) is 18.8. The Kier molecular flexibility index (Phi) is 7.07. The van der Waals surface area contributed by atoms with Crippen LogP contribution in [-0.4, -0.2) is 48.8 Å². The first-order valence-electron chi connectivity index (χ1n) is 13.6. The highest BCUT2D eigenvalue weighted by molar-refractivity contribution is 6.10. The van der Waals surface area contributed by atoms with Crippen molar-refractivity contribution in [1.82, 2.24) is 10.2 Å². The number of hydrogen-bond acceptors (Lipinski definition) is 5. The number of methoxy groups -OCH3 is 1. The van der Waals surface area contributed by atoms with E-state index >= 15 is 0 Å². The lowest BCUT2D eigenvalue weighted by molar-refractivity contribution is -0.138. The number of benzene rings is 2. The van der Waals surface area contributed by atoms with Gasteiger partial charge in [-0.15, -0.1) is 0 Å². The van der Waals surface area contributed by atoms with Crippen molar-refractivity contribution in [2.75, 3.05) is 19.1 Å². The maximum Gasteiger partial charge on any atom is 0.416 e. The van der Waals surface area contributed by atoms with Gasteiger partial charge in [-0.1, -0.05) is 12.1 Å². The number of likely N-dealkylation sites (N-methyl/N-ethyl adjacent to an activating group) is 1. The van der Waals surface area contributed by atoms with Crippen LogP contribution in [0.25, 0.3) is 0 Å². The summed E-state index contributed by atoms with van der Waals surface area (Å²) in [4.78, 5) is 16.5. The van der Waals surface area contributed by atoms with Crippen molar-refractivity contribution in [3.05, 3.63) is 64.2 Å². The minimum atomic E-state index is -4.60. The third-order valence-electron chi connectivity index (χ3n) is 9.09. The van der Waals surface area contributed by atoms with E-state index < -0.39 is 23.1 Å². The molecular weight excluding hydrogens is 519 g/mol. The summed E-state index contributed by atoms with van der Waals surface area (Å²) in [6.45, 7) is 3.74. The summed E-state index contributed by atoms with van der Waals surface area (Å²) >= 11 is 0. The van der Waals surface area contributed by atoms with Gasteiger partial charge in [0.25, 0.3) is 5.91 Å². The number of ether oxygens (including phenoxy) is 1. The normalized spacial score (nSPS) is 24.1. The monoisotopic (exact) mass is 555 g/mol. The number of amides is 1. The second-order valence-electron chi connectivity index (χ2n) is 11.8. The second-order valence-corrected chi connectivity index (χ2v) is 11.8. The lowest BCUT2D eigenvalue weighted by Crippen LogP contribution is -2.55. The number of hydrogen-bond donors (Lipinski definition) is 3. The molecule has 1 aliphatic heterocycles. The predicted molar refractivity (Wildman–Crippen MR) is 148 cm³/mol. The summed E-state index contributed by atoms with van der Waals surface area (Å²) in [6, 6.07) is 9.59. The number of fused-ring (bicyclic) bond motifs is 1. The summed E-state index contributed by atoms with van der Waals surface area (Å²) in [6.07, 6.45) is 0.514. The van der Waals surface area contributed by atoms with E-state index in [0.29, 0.717) is 24.1 Å². The Bertz CT molecular complexity index is 1350. The molecular formula is C30H36F3N5O2. The maximum absolute atomic E-state index is 14.3. The lowest BCUT2D eigenvalue weighted by Gasteiger charge is -2.49. The fourth-order valence-electron chi connectivity index (χ4n) is 6.42. The molecule has 2 fully saturated rings. The van der Waals surface area contributed by atoms with Crippen LogP contribution in [0.4, 0.5) is 18.9 Å². The van der Waals surface area contributed by atoms with E-state index in [0.717, 1.165) is 31.2 Å². The van der Waals surface area contributed by atoms with Crippen LogP contribution in [0.1, 0.15) is 84.6 Å². The number of carbonyl (C=O) groups excluding carboxylic acids is 1. The Morgan fingerprint density at radius 3 is 2.52 bits per heavy atom. The van der Waals surface area contributed by atoms with E-state index in [1.165, 1.54) is 15.9 Å². The average molecular weight is 556 g/mol. The van der Waals surface area contributed by atoms with Crippen molar-refractivity contribution < 1.29 is 22.7 Å². The van der Waals surface area contributed by atoms with E-state index in [9.17, 15) is 18.0 Å². The van der Waals surface area contributed by atoms with Gasteiger partial charge < -0.3 is 19.9 Å². The van der Waals surface area contributed by atoms with Crippen molar-refractivity contribution >= 4 is 23.8 Å². The standard InChI is InChI=1S/C30H36F3N5O2/c1-18(36-28(2)9-6-10-28)19-11-23-24(25(12-19)30(31,32)33)16-38(26(23)39)21-8-5-7-20(13-21)29(14-22(15-29)40-4)27(35)37(3)17-34/h5,7-8,11-13,17-18,22,34-36H,6,9-10,14-16H2,1-4H3/t18-,22-,29-/m1/s1. The molecule has 0 bridgehead atoms. The van der Waals surface area contributed by atoms with Gasteiger partial charge in [0, 0.05) is 37.0 Å². The third-order valence-corrected chi connectivity index (χ3v) is 9.09. The van der Waals surface area contributed by atoms with Crippen molar-refractivity contribution in [1.29, 1.82) is 10.8 Å². The van der Waals surface area contributed by atoms with Crippen molar-refractivity contribution in [3.8, 4) is 0 Å². The van der Waals surface area contributed by atoms with Crippen LogP contribution in [0.2, 0.25) is 0 Å². The Balaban J connectivity index is 1.50. The molecule has 2 aromatic rings. The number of nitrogens with one attached hydrogen (secondary N) is 3. The molecule has 2 saturated carbocycles. The summed E-state index contributed by atoms with van der Waals surface area (Å²) in [5.41, 5.74) is 0.168. The van der Waals surface area contributed by atoms with Crippen LogP contribution in [0, 0.1) is 10.8 Å². The fraction of sp³-hybridized carbons (Fsp3) is 0.500. The Morgan fingerprint density at radius 2 is 1.95 bits per heavy atom. The molecule has 0 aromatic heterocycles. The minimum absolute atomic E-state index is 0.0113. The molecule has 2 aliphatic carbocycles. The zero-order valence-electron chi connectivity index (χ0n) is 23.3. The highest BCUT2D eigenvalue weighted by Gasteiger charge is 2.51. The number of anilines is 1. The SMILES string of the molecule is CO[C@H]1C[C@@](C(=N)N(C)C=N)(c2cccc(N3Cc4c(cc([C@@H](C)NC5(C)CCC5)cc4C(F)(F)F)C3=O)c2)C1. The number of amidine groups is 1. The molecule has 3 N–H and O–H groups in total. The van der Waals surface area contributed by atoms with Crippen molar-refractivity contribution in [2.45, 2.75) is 81.8 Å². The highest BCUT2D eigenvalue weighted by Crippen LogP contribution is 2.48. The molecule has 5 rings (SSSR count). The van der Waals surface area contributed by atoms with E-state index in [-0.39, 0.29) is 41.2 Å². The molecule has 1 atom stereocenters. The first-order valence-corrected chi connectivity index (χ1v) is 13.6. The van der Waals surface area contributed by atoms with Gasteiger partial charge in [0.05, 0.1) is 30.0 Å². The number of nitrogens with zero attached hydrogens (tertiary/aromatic N) is 2. The molecule has 0 radical (unpaired) electrons. The second kappa shape index (κ2) is 9.99. The largest absolute Gasteiger partial charge is 0.416 e. The van der Waals surface area contributed by atoms with Crippen LogP contribution in [0.3, 0.4) is 0 Å². The topological polar surface area (TPSA) is 92.5 Å². The lowest BCUT2D eigenvalue weighted by atomic mass is 9.61. The molecule has 2 aromatic carbocycles. The van der Waals surface area contributed by atoms with Gasteiger partial charge in [0.2, 0.25) is 0 Å². The van der Waals surface area contributed by atoms with Gasteiger partial charge in [0.1, 0.15) is 5.84 Å². The predicted octanol–water partition coefficient (Wildman–Crippen LogP) is 6.02. The fourth-order valence-corrected chi connectivity index (χ4v) is 6.42. The maximum atomic E-state index is 14.3. The highest BCUT2D eigenvalue weighted by atomic mass is 19.4. The van der Waals surface area contributed by atoms with Crippen LogP contribution in [0.5, 0.6) is 0 Å². The molecule has 1 heterocycles. The number of carbonyl (C=O) groups is 1. The van der Waals surface area contributed by atoms with E-state index in [1.807, 2.05) is 13.0 Å².